The highest BCUT2D eigenvalue weighted by Gasteiger charge is 2.08. The second-order valence-electron chi connectivity index (χ2n) is 4.89. The van der Waals surface area contributed by atoms with E-state index in [1.54, 1.807) is 6.07 Å². The minimum Gasteiger partial charge on any atom is -0.484 e. The van der Waals surface area contributed by atoms with Crippen molar-refractivity contribution in [3.63, 3.8) is 0 Å². The van der Waals surface area contributed by atoms with Gasteiger partial charge in [0, 0.05) is 11.8 Å². The van der Waals surface area contributed by atoms with Crippen LogP contribution in [0.3, 0.4) is 0 Å². The maximum atomic E-state index is 11.8. The van der Waals surface area contributed by atoms with Crippen molar-refractivity contribution in [1.29, 1.82) is 0 Å². The number of amides is 1. The third-order valence-electron chi connectivity index (χ3n) is 3.19. The predicted octanol–water partition coefficient (Wildman–Crippen LogP) is 3.23. The first kappa shape index (κ1) is 15.5. The van der Waals surface area contributed by atoms with Crippen molar-refractivity contribution in [3.05, 3.63) is 63.7 Å². The van der Waals surface area contributed by atoms with Gasteiger partial charge >= 0.3 is 0 Å². The Kier molecular flexibility index (Phi) is 4.73. The molecule has 0 unspecified atom stereocenters. The maximum absolute atomic E-state index is 11.8. The van der Waals surface area contributed by atoms with E-state index in [1.807, 2.05) is 32.0 Å². The largest absolute Gasteiger partial charge is 0.484 e. The molecule has 0 aliphatic carbocycles. The average Bonchev–Trinajstić information content (AvgIpc) is 2.49. The van der Waals surface area contributed by atoms with Gasteiger partial charge in [0.25, 0.3) is 11.6 Å². The van der Waals surface area contributed by atoms with Crippen LogP contribution in [0.4, 0.5) is 11.4 Å². The van der Waals surface area contributed by atoms with Gasteiger partial charge in [0.2, 0.25) is 0 Å². The molecule has 0 aliphatic heterocycles. The molecule has 0 fully saturated rings. The molecule has 114 valence electrons. The van der Waals surface area contributed by atoms with Crippen molar-refractivity contribution in [2.75, 3.05) is 11.9 Å². The van der Waals surface area contributed by atoms with Gasteiger partial charge in [-0.2, -0.15) is 0 Å². The van der Waals surface area contributed by atoms with Crippen molar-refractivity contribution in [2.45, 2.75) is 13.8 Å². The van der Waals surface area contributed by atoms with Gasteiger partial charge in [-0.25, -0.2) is 0 Å². The smallest absolute Gasteiger partial charge is 0.273 e. The van der Waals surface area contributed by atoms with E-state index < -0.39 is 4.92 Å². The second kappa shape index (κ2) is 6.71. The van der Waals surface area contributed by atoms with E-state index in [0.29, 0.717) is 5.69 Å². The van der Waals surface area contributed by atoms with Crippen LogP contribution in [-0.4, -0.2) is 17.4 Å². The number of anilines is 1. The van der Waals surface area contributed by atoms with E-state index in [1.165, 1.54) is 18.2 Å². The highest BCUT2D eigenvalue weighted by Crippen LogP contribution is 2.19. The first-order valence-corrected chi connectivity index (χ1v) is 6.70. The Labute approximate surface area is 127 Å². The molecule has 1 amide bonds. The normalized spacial score (nSPS) is 10.1. The van der Waals surface area contributed by atoms with E-state index in [-0.39, 0.29) is 24.0 Å². The molecule has 1 N–H and O–H groups in total. The van der Waals surface area contributed by atoms with Crippen molar-refractivity contribution in [2.24, 2.45) is 0 Å². The number of hydrogen-bond acceptors (Lipinski definition) is 4. The molecule has 2 aromatic rings. The number of nitro benzene ring substituents is 1. The highest BCUT2D eigenvalue weighted by molar-refractivity contribution is 5.92. The fourth-order valence-electron chi connectivity index (χ4n) is 1.85. The van der Waals surface area contributed by atoms with Crippen LogP contribution in [0.1, 0.15) is 11.1 Å². The Bertz CT molecular complexity index is 713. The summed E-state index contributed by atoms with van der Waals surface area (Å²) < 4.78 is 5.27. The number of nitrogens with one attached hydrogen (secondary N) is 1. The van der Waals surface area contributed by atoms with Gasteiger partial charge < -0.3 is 10.1 Å². The molecule has 6 heteroatoms. The van der Waals surface area contributed by atoms with E-state index in [0.717, 1.165) is 11.1 Å². The minimum absolute atomic E-state index is 0.0768. The van der Waals surface area contributed by atoms with Gasteiger partial charge in [-0.3, -0.25) is 14.9 Å². The number of nitrogens with zero attached hydrogens (tertiary/aromatic N) is 1. The minimum atomic E-state index is -0.512. The Hall–Kier alpha value is -2.89. The van der Waals surface area contributed by atoms with Gasteiger partial charge in [-0.1, -0.05) is 12.1 Å². The van der Waals surface area contributed by atoms with Crippen LogP contribution < -0.4 is 10.1 Å². The second-order valence-corrected chi connectivity index (χ2v) is 4.89. The summed E-state index contributed by atoms with van der Waals surface area (Å²) in [6, 6.07) is 11.3. The van der Waals surface area contributed by atoms with Crippen molar-refractivity contribution in [3.8, 4) is 5.75 Å². The fourth-order valence-corrected chi connectivity index (χ4v) is 1.85. The monoisotopic (exact) mass is 300 g/mol. The molecule has 0 saturated carbocycles. The molecule has 0 radical (unpaired) electrons. The molecule has 2 aromatic carbocycles. The average molecular weight is 300 g/mol. The molecule has 6 nitrogen and oxygen atoms in total. The zero-order valence-electron chi connectivity index (χ0n) is 12.3. The maximum Gasteiger partial charge on any atom is 0.273 e. The van der Waals surface area contributed by atoms with Gasteiger partial charge in [0.1, 0.15) is 5.75 Å². The number of carbonyl (C=O) groups is 1. The third-order valence-corrected chi connectivity index (χ3v) is 3.19. The number of nitro groups is 1. The lowest BCUT2D eigenvalue weighted by Gasteiger charge is -2.09. The van der Waals surface area contributed by atoms with Crippen LogP contribution in [0.2, 0.25) is 0 Å². The number of hydrogen-bond donors (Lipinski definition) is 1. The summed E-state index contributed by atoms with van der Waals surface area (Å²) >= 11 is 0. The molecule has 0 aliphatic rings. The molecule has 0 spiro atoms. The van der Waals surface area contributed by atoms with E-state index in [4.69, 9.17) is 4.74 Å². The molecule has 0 saturated heterocycles. The Morgan fingerprint density at radius 2 is 1.95 bits per heavy atom. The van der Waals surface area contributed by atoms with Gasteiger partial charge in [0.15, 0.2) is 6.61 Å². The predicted molar refractivity (Wildman–Crippen MR) is 83.1 cm³/mol. The quantitative estimate of drug-likeness (QED) is 0.679. The summed E-state index contributed by atoms with van der Waals surface area (Å²) in [4.78, 5) is 22.0. The Balaban J connectivity index is 1.94. The molecule has 22 heavy (non-hydrogen) atoms. The molecule has 0 aromatic heterocycles. The Morgan fingerprint density at radius 3 is 2.64 bits per heavy atom. The topological polar surface area (TPSA) is 81.5 Å². The number of ether oxygens (including phenoxy) is 1. The summed E-state index contributed by atoms with van der Waals surface area (Å²) in [5.74, 6) is -0.0424. The summed E-state index contributed by atoms with van der Waals surface area (Å²) in [6.07, 6.45) is 0. The molecule has 0 bridgehead atoms. The SMILES string of the molecule is Cc1ccc(NC(=O)COc2cccc([N+](=O)[O-])c2)cc1C. The fraction of sp³-hybridized carbons (Fsp3) is 0.188. The van der Waals surface area contributed by atoms with Crippen molar-refractivity contribution in [1.82, 2.24) is 0 Å². The number of aryl methyl sites for hydroxylation is 2. The number of benzene rings is 2. The number of carbonyl (C=O) groups excluding carboxylic acids is 1. The zero-order chi connectivity index (χ0) is 16.1. The summed E-state index contributed by atoms with van der Waals surface area (Å²) in [5, 5.41) is 13.4. The molecule has 0 heterocycles. The molecule has 2 rings (SSSR count). The summed E-state index contributed by atoms with van der Waals surface area (Å²) in [7, 11) is 0. The number of non-ortho nitro benzene ring substituents is 1. The first-order chi connectivity index (χ1) is 10.5. The van der Waals surface area contributed by atoms with Gasteiger partial charge in [0.05, 0.1) is 11.0 Å². The van der Waals surface area contributed by atoms with Crippen LogP contribution >= 0.6 is 0 Å². The van der Waals surface area contributed by atoms with Gasteiger partial charge in [-0.05, 0) is 43.2 Å². The highest BCUT2D eigenvalue weighted by atomic mass is 16.6. The number of rotatable bonds is 5. The van der Waals surface area contributed by atoms with Crippen LogP contribution in [0.25, 0.3) is 0 Å². The Morgan fingerprint density at radius 1 is 1.18 bits per heavy atom. The summed E-state index contributed by atoms with van der Waals surface area (Å²) in [6.45, 7) is 3.74. The standard InChI is InChI=1S/C16H16N2O4/c1-11-6-7-13(8-12(11)2)17-16(19)10-22-15-5-3-4-14(9-15)18(20)21/h3-9H,10H2,1-2H3,(H,17,19). The lowest BCUT2D eigenvalue weighted by atomic mass is 10.1. The first-order valence-electron chi connectivity index (χ1n) is 6.70. The third kappa shape index (κ3) is 4.05. The zero-order valence-corrected chi connectivity index (χ0v) is 12.3. The van der Waals surface area contributed by atoms with Gasteiger partial charge in [-0.15, -0.1) is 0 Å². The van der Waals surface area contributed by atoms with Crippen LogP contribution in [0, 0.1) is 24.0 Å². The van der Waals surface area contributed by atoms with E-state index in [9.17, 15) is 14.9 Å². The van der Waals surface area contributed by atoms with Crippen LogP contribution in [0.5, 0.6) is 5.75 Å². The van der Waals surface area contributed by atoms with E-state index >= 15 is 0 Å². The van der Waals surface area contributed by atoms with Crippen molar-refractivity contribution < 1.29 is 14.5 Å². The molecule has 0 atom stereocenters. The lowest BCUT2D eigenvalue weighted by Crippen LogP contribution is -2.20. The molecular weight excluding hydrogens is 284 g/mol. The lowest BCUT2D eigenvalue weighted by molar-refractivity contribution is -0.384. The van der Waals surface area contributed by atoms with Crippen LogP contribution in [-0.2, 0) is 4.79 Å². The van der Waals surface area contributed by atoms with E-state index in [2.05, 4.69) is 5.32 Å². The van der Waals surface area contributed by atoms with Crippen molar-refractivity contribution >= 4 is 17.3 Å². The molecular formula is C16H16N2O4. The summed E-state index contributed by atoms with van der Waals surface area (Å²) in [5.41, 5.74) is 2.84. The van der Waals surface area contributed by atoms with Crippen LogP contribution in [0.15, 0.2) is 42.5 Å².